The zero-order valence-corrected chi connectivity index (χ0v) is 16.9. The van der Waals surface area contributed by atoms with Gasteiger partial charge in [-0.2, -0.15) is 4.31 Å². The SMILES string of the molecule is Cc1ccc(C(=O)NC2CCCCC2CN)cc1S(=O)(=O)N1CCCCC1. The number of carbonyl (C=O) groups excluding carboxylic acids is 1. The standard InChI is InChI=1S/C20H31N3O3S/c1-15-9-10-16(20(24)22-18-8-4-3-7-17(18)14-21)13-19(15)27(25,26)23-11-5-2-6-12-23/h9-10,13,17-18H,2-8,11-12,14,21H2,1H3,(H,22,24). The summed E-state index contributed by atoms with van der Waals surface area (Å²) in [6, 6.07) is 5.04. The summed E-state index contributed by atoms with van der Waals surface area (Å²) >= 11 is 0. The van der Waals surface area contributed by atoms with Crippen LogP contribution in [-0.4, -0.2) is 44.3 Å². The van der Waals surface area contributed by atoms with Crippen LogP contribution in [0.25, 0.3) is 0 Å². The van der Waals surface area contributed by atoms with Gasteiger partial charge in [-0.3, -0.25) is 4.79 Å². The summed E-state index contributed by atoms with van der Waals surface area (Å²) in [7, 11) is -3.56. The molecule has 3 N–H and O–H groups in total. The number of hydrogen-bond acceptors (Lipinski definition) is 4. The van der Waals surface area contributed by atoms with E-state index in [1.54, 1.807) is 23.4 Å². The molecule has 0 aromatic heterocycles. The summed E-state index contributed by atoms with van der Waals surface area (Å²) in [5.74, 6) is 0.0835. The zero-order valence-electron chi connectivity index (χ0n) is 16.1. The molecule has 1 amide bonds. The summed E-state index contributed by atoms with van der Waals surface area (Å²) in [6.45, 7) is 3.45. The van der Waals surface area contributed by atoms with Crippen LogP contribution in [0.2, 0.25) is 0 Å². The van der Waals surface area contributed by atoms with Crippen LogP contribution < -0.4 is 11.1 Å². The number of nitrogens with zero attached hydrogens (tertiary/aromatic N) is 1. The molecular weight excluding hydrogens is 362 g/mol. The fraction of sp³-hybridized carbons (Fsp3) is 0.650. The maximum atomic E-state index is 13.0. The second-order valence-electron chi connectivity index (χ2n) is 7.81. The predicted octanol–water partition coefficient (Wildman–Crippen LogP) is 2.42. The lowest BCUT2D eigenvalue weighted by Crippen LogP contribution is -2.44. The highest BCUT2D eigenvalue weighted by molar-refractivity contribution is 7.89. The topological polar surface area (TPSA) is 92.5 Å². The Labute approximate surface area is 162 Å². The van der Waals surface area contributed by atoms with Gasteiger partial charge in [-0.05, 0) is 62.8 Å². The van der Waals surface area contributed by atoms with Gasteiger partial charge in [0.25, 0.3) is 5.91 Å². The smallest absolute Gasteiger partial charge is 0.251 e. The van der Waals surface area contributed by atoms with Crippen molar-refractivity contribution in [3.8, 4) is 0 Å². The van der Waals surface area contributed by atoms with Crippen LogP contribution in [0, 0.1) is 12.8 Å². The van der Waals surface area contributed by atoms with Gasteiger partial charge in [-0.15, -0.1) is 0 Å². The van der Waals surface area contributed by atoms with Crippen molar-refractivity contribution in [2.75, 3.05) is 19.6 Å². The molecule has 1 aliphatic carbocycles. The normalized spacial score (nSPS) is 24.5. The van der Waals surface area contributed by atoms with Gasteiger partial charge in [-0.1, -0.05) is 25.3 Å². The number of hydrogen-bond donors (Lipinski definition) is 2. The van der Waals surface area contributed by atoms with Gasteiger partial charge in [0.05, 0.1) is 4.90 Å². The highest BCUT2D eigenvalue weighted by Gasteiger charge is 2.29. The second kappa shape index (κ2) is 8.71. The van der Waals surface area contributed by atoms with E-state index < -0.39 is 10.0 Å². The lowest BCUT2D eigenvalue weighted by Gasteiger charge is -2.31. The number of piperidine rings is 1. The molecule has 2 unspecified atom stereocenters. The highest BCUT2D eigenvalue weighted by Crippen LogP contribution is 2.26. The molecule has 1 heterocycles. The first-order chi connectivity index (χ1) is 12.9. The van der Waals surface area contributed by atoms with Crippen LogP contribution in [0.15, 0.2) is 23.1 Å². The van der Waals surface area contributed by atoms with Crippen molar-refractivity contribution in [1.29, 1.82) is 0 Å². The van der Waals surface area contributed by atoms with Crippen LogP contribution in [0.1, 0.15) is 60.9 Å². The summed E-state index contributed by atoms with van der Waals surface area (Å²) < 4.78 is 27.6. The Morgan fingerprint density at radius 2 is 1.85 bits per heavy atom. The third-order valence-electron chi connectivity index (χ3n) is 5.91. The van der Waals surface area contributed by atoms with Gasteiger partial charge < -0.3 is 11.1 Å². The van der Waals surface area contributed by atoms with Crippen LogP contribution in [0.3, 0.4) is 0 Å². The Bertz CT molecular complexity index is 773. The lowest BCUT2D eigenvalue weighted by atomic mass is 9.84. The highest BCUT2D eigenvalue weighted by atomic mass is 32.2. The monoisotopic (exact) mass is 393 g/mol. The molecule has 27 heavy (non-hydrogen) atoms. The first-order valence-electron chi connectivity index (χ1n) is 10.0. The first-order valence-corrected chi connectivity index (χ1v) is 11.5. The van der Waals surface area contributed by atoms with Crippen molar-refractivity contribution in [3.05, 3.63) is 29.3 Å². The van der Waals surface area contributed by atoms with Crippen LogP contribution >= 0.6 is 0 Å². The number of amides is 1. The van der Waals surface area contributed by atoms with Crippen molar-refractivity contribution in [3.63, 3.8) is 0 Å². The molecule has 2 aliphatic rings. The first kappa shape index (κ1) is 20.3. The number of aryl methyl sites for hydroxylation is 1. The molecule has 1 saturated carbocycles. The molecular formula is C20H31N3O3S. The summed E-state index contributed by atoms with van der Waals surface area (Å²) in [6.07, 6.45) is 7.04. The van der Waals surface area contributed by atoms with Crippen molar-refractivity contribution < 1.29 is 13.2 Å². The Hall–Kier alpha value is -1.44. The van der Waals surface area contributed by atoms with Crippen LogP contribution in [0.4, 0.5) is 0 Å². The van der Waals surface area contributed by atoms with E-state index in [9.17, 15) is 13.2 Å². The summed E-state index contributed by atoms with van der Waals surface area (Å²) in [4.78, 5) is 13.0. The molecule has 1 aromatic rings. The Morgan fingerprint density at radius 1 is 1.15 bits per heavy atom. The molecule has 7 heteroatoms. The average molecular weight is 394 g/mol. The Morgan fingerprint density at radius 3 is 2.56 bits per heavy atom. The van der Waals surface area contributed by atoms with Crippen molar-refractivity contribution in [2.45, 2.75) is 62.8 Å². The van der Waals surface area contributed by atoms with Gasteiger partial charge in [0.15, 0.2) is 0 Å². The van der Waals surface area contributed by atoms with Crippen molar-refractivity contribution in [1.82, 2.24) is 9.62 Å². The van der Waals surface area contributed by atoms with E-state index in [1.807, 2.05) is 0 Å². The number of sulfonamides is 1. The molecule has 0 radical (unpaired) electrons. The fourth-order valence-electron chi connectivity index (χ4n) is 4.20. The number of rotatable bonds is 5. The quantitative estimate of drug-likeness (QED) is 0.803. The maximum Gasteiger partial charge on any atom is 0.251 e. The van der Waals surface area contributed by atoms with Crippen LogP contribution in [0.5, 0.6) is 0 Å². The van der Waals surface area contributed by atoms with Gasteiger partial charge in [0.2, 0.25) is 10.0 Å². The van der Waals surface area contributed by atoms with E-state index in [-0.39, 0.29) is 16.8 Å². The van der Waals surface area contributed by atoms with Crippen molar-refractivity contribution >= 4 is 15.9 Å². The number of nitrogens with two attached hydrogens (primary N) is 1. The third-order valence-corrected chi connectivity index (χ3v) is 7.95. The second-order valence-corrected chi connectivity index (χ2v) is 9.71. The van der Waals surface area contributed by atoms with Gasteiger partial charge in [-0.25, -0.2) is 8.42 Å². The number of benzene rings is 1. The molecule has 3 rings (SSSR count). The van der Waals surface area contributed by atoms with E-state index in [2.05, 4.69) is 5.32 Å². The molecule has 2 atom stereocenters. The zero-order chi connectivity index (χ0) is 19.4. The molecule has 0 bridgehead atoms. The molecule has 6 nitrogen and oxygen atoms in total. The van der Waals surface area contributed by atoms with Gasteiger partial charge in [0.1, 0.15) is 0 Å². The average Bonchev–Trinajstić information content (AvgIpc) is 2.69. The van der Waals surface area contributed by atoms with E-state index in [0.717, 1.165) is 44.9 Å². The predicted molar refractivity (Wildman–Crippen MR) is 106 cm³/mol. The molecule has 1 saturated heterocycles. The van der Waals surface area contributed by atoms with E-state index in [1.165, 1.54) is 6.07 Å². The summed E-state index contributed by atoms with van der Waals surface area (Å²) in [5, 5.41) is 3.09. The minimum absolute atomic E-state index is 0.0692. The van der Waals surface area contributed by atoms with Crippen LogP contribution in [-0.2, 0) is 10.0 Å². The lowest BCUT2D eigenvalue weighted by molar-refractivity contribution is 0.0908. The van der Waals surface area contributed by atoms with E-state index in [0.29, 0.717) is 36.7 Å². The molecule has 0 spiro atoms. The van der Waals surface area contributed by atoms with E-state index in [4.69, 9.17) is 5.73 Å². The fourth-order valence-corrected chi connectivity index (χ4v) is 5.96. The Balaban J connectivity index is 1.81. The minimum atomic E-state index is -3.56. The minimum Gasteiger partial charge on any atom is -0.349 e. The molecule has 1 aliphatic heterocycles. The summed E-state index contributed by atoms with van der Waals surface area (Å²) in [5.41, 5.74) is 6.93. The maximum absolute atomic E-state index is 13.0. The number of carbonyl (C=O) groups is 1. The van der Waals surface area contributed by atoms with E-state index >= 15 is 0 Å². The van der Waals surface area contributed by atoms with Gasteiger partial charge in [0, 0.05) is 24.7 Å². The molecule has 1 aromatic carbocycles. The van der Waals surface area contributed by atoms with Gasteiger partial charge >= 0.3 is 0 Å². The Kier molecular flexibility index (Phi) is 6.55. The molecule has 2 fully saturated rings. The third kappa shape index (κ3) is 4.52. The largest absolute Gasteiger partial charge is 0.349 e. The number of nitrogens with one attached hydrogen (secondary N) is 1. The molecule has 150 valence electrons. The van der Waals surface area contributed by atoms with Crippen molar-refractivity contribution in [2.24, 2.45) is 11.7 Å².